The van der Waals surface area contributed by atoms with Crippen LogP contribution in [-0.2, 0) is 12.8 Å². The van der Waals surface area contributed by atoms with Gasteiger partial charge in [-0.25, -0.2) is 4.39 Å². The minimum absolute atomic E-state index is 0.136. The summed E-state index contributed by atoms with van der Waals surface area (Å²) in [7, 11) is 0. The van der Waals surface area contributed by atoms with Crippen molar-refractivity contribution in [2.75, 3.05) is 0 Å². The molecule has 5 heteroatoms. The molecule has 0 bridgehead atoms. The van der Waals surface area contributed by atoms with Crippen LogP contribution in [0, 0.1) is 5.82 Å². The lowest BCUT2D eigenvalue weighted by molar-refractivity contribution is 0.618. The van der Waals surface area contributed by atoms with Gasteiger partial charge < -0.3 is 5.73 Å². The standard InChI is InChI=1S/C15H13Cl3FN/c16-12-5-4-9(7-13(12)17)6-11(20)8-10-2-1-3-14(19)15(10)18/h1-5,7,11H,6,8,20H2. The van der Waals surface area contributed by atoms with Crippen LogP contribution in [0.15, 0.2) is 36.4 Å². The zero-order chi connectivity index (χ0) is 14.7. The highest BCUT2D eigenvalue weighted by Crippen LogP contribution is 2.24. The fraction of sp³-hybridized carbons (Fsp3) is 0.200. The average Bonchev–Trinajstić information content (AvgIpc) is 2.39. The second-order valence-corrected chi connectivity index (χ2v) is 5.82. The summed E-state index contributed by atoms with van der Waals surface area (Å²) in [6.45, 7) is 0. The summed E-state index contributed by atoms with van der Waals surface area (Å²) in [5, 5.41) is 1.15. The fourth-order valence-electron chi connectivity index (χ4n) is 2.03. The molecule has 2 aromatic rings. The molecule has 20 heavy (non-hydrogen) atoms. The van der Waals surface area contributed by atoms with E-state index < -0.39 is 5.82 Å². The van der Waals surface area contributed by atoms with Gasteiger partial charge >= 0.3 is 0 Å². The van der Waals surface area contributed by atoms with Crippen LogP contribution in [0.3, 0.4) is 0 Å². The number of hydrogen-bond donors (Lipinski definition) is 1. The highest BCUT2D eigenvalue weighted by atomic mass is 35.5. The van der Waals surface area contributed by atoms with Crippen LogP contribution < -0.4 is 5.73 Å². The Morgan fingerprint density at radius 3 is 2.45 bits per heavy atom. The maximum absolute atomic E-state index is 13.3. The van der Waals surface area contributed by atoms with Crippen molar-refractivity contribution >= 4 is 34.8 Å². The van der Waals surface area contributed by atoms with Gasteiger partial charge in [-0.3, -0.25) is 0 Å². The number of halogens is 4. The minimum atomic E-state index is -0.425. The van der Waals surface area contributed by atoms with Crippen molar-refractivity contribution in [1.29, 1.82) is 0 Å². The Balaban J connectivity index is 2.07. The van der Waals surface area contributed by atoms with Crippen molar-refractivity contribution in [2.24, 2.45) is 5.73 Å². The summed E-state index contributed by atoms with van der Waals surface area (Å²) in [4.78, 5) is 0. The van der Waals surface area contributed by atoms with Gasteiger partial charge in [0.2, 0.25) is 0 Å². The quantitative estimate of drug-likeness (QED) is 0.847. The van der Waals surface area contributed by atoms with Crippen molar-refractivity contribution in [1.82, 2.24) is 0 Å². The van der Waals surface area contributed by atoms with Crippen LogP contribution in [-0.4, -0.2) is 6.04 Å². The lowest BCUT2D eigenvalue weighted by Crippen LogP contribution is -2.25. The molecule has 1 unspecified atom stereocenters. The molecule has 0 aliphatic rings. The molecule has 2 rings (SSSR count). The second kappa shape index (κ2) is 6.77. The molecule has 1 atom stereocenters. The Morgan fingerprint density at radius 2 is 1.75 bits per heavy atom. The topological polar surface area (TPSA) is 26.0 Å². The van der Waals surface area contributed by atoms with Crippen molar-refractivity contribution in [3.63, 3.8) is 0 Å². The van der Waals surface area contributed by atoms with Gasteiger partial charge in [-0.2, -0.15) is 0 Å². The third kappa shape index (κ3) is 3.86. The Labute approximate surface area is 132 Å². The van der Waals surface area contributed by atoms with E-state index in [4.69, 9.17) is 40.5 Å². The Morgan fingerprint density at radius 1 is 1.00 bits per heavy atom. The highest BCUT2D eigenvalue weighted by molar-refractivity contribution is 6.42. The predicted molar refractivity (Wildman–Crippen MR) is 83.3 cm³/mol. The van der Waals surface area contributed by atoms with Crippen LogP contribution >= 0.6 is 34.8 Å². The van der Waals surface area contributed by atoms with E-state index in [1.54, 1.807) is 24.3 Å². The molecule has 106 valence electrons. The van der Waals surface area contributed by atoms with Gasteiger partial charge in [0, 0.05) is 6.04 Å². The Kier molecular flexibility index (Phi) is 5.28. The maximum Gasteiger partial charge on any atom is 0.142 e. The van der Waals surface area contributed by atoms with Crippen molar-refractivity contribution < 1.29 is 4.39 Å². The summed E-state index contributed by atoms with van der Waals surface area (Å²) >= 11 is 17.7. The molecule has 0 amide bonds. The van der Waals surface area contributed by atoms with E-state index in [9.17, 15) is 4.39 Å². The van der Waals surface area contributed by atoms with Gasteiger partial charge in [-0.15, -0.1) is 0 Å². The Bertz CT molecular complexity index is 616. The molecule has 1 nitrogen and oxygen atoms in total. The number of nitrogens with two attached hydrogens (primary N) is 1. The molecule has 0 aliphatic heterocycles. The van der Waals surface area contributed by atoms with E-state index >= 15 is 0 Å². The van der Waals surface area contributed by atoms with Crippen molar-refractivity contribution in [3.8, 4) is 0 Å². The molecule has 0 saturated carbocycles. The van der Waals surface area contributed by atoms with Gasteiger partial charge in [0.25, 0.3) is 0 Å². The fourth-order valence-corrected chi connectivity index (χ4v) is 2.55. The summed E-state index contributed by atoms with van der Waals surface area (Å²) in [5.74, 6) is -0.425. The molecule has 0 fully saturated rings. The number of hydrogen-bond acceptors (Lipinski definition) is 1. The molecule has 0 heterocycles. The smallest absolute Gasteiger partial charge is 0.142 e. The van der Waals surface area contributed by atoms with E-state index in [1.807, 2.05) is 6.07 Å². The number of benzene rings is 2. The lowest BCUT2D eigenvalue weighted by atomic mass is 9.99. The zero-order valence-corrected chi connectivity index (χ0v) is 12.8. The van der Waals surface area contributed by atoms with E-state index in [-0.39, 0.29) is 11.1 Å². The molecule has 2 aromatic carbocycles. The highest BCUT2D eigenvalue weighted by Gasteiger charge is 2.11. The lowest BCUT2D eigenvalue weighted by Gasteiger charge is -2.13. The summed E-state index contributed by atoms with van der Waals surface area (Å²) < 4.78 is 13.3. The van der Waals surface area contributed by atoms with E-state index in [0.717, 1.165) is 5.56 Å². The number of rotatable bonds is 4. The Hall–Kier alpha value is -0.800. The maximum atomic E-state index is 13.3. The average molecular weight is 333 g/mol. The predicted octanol–water partition coefficient (Wildman–Crippen LogP) is 4.90. The van der Waals surface area contributed by atoms with Crippen molar-refractivity contribution in [2.45, 2.75) is 18.9 Å². The van der Waals surface area contributed by atoms with E-state index in [2.05, 4.69) is 0 Å². The SMILES string of the molecule is NC(Cc1ccc(Cl)c(Cl)c1)Cc1cccc(F)c1Cl. The summed E-state index contributed by atoms with van der Waals surface area (Å²) in [6.07, 6.45) is 1.11. The van der Waals surface area contributed by atoms with Crippen LogP contribution in [0.4, 0.5) is 4.39 Å². The molecule has 2 N–H and O–H groups in total. The molecule has 0 spiro atoms. The molecule has 0 aliphatic carbocycles. The van der Waals surface area contributed by atoms with Gasteiger partial charge in [-0.1, -0.05) is 53.0 Å². The summed E-state index contributed by atoms with van der Waals surface area (Å²) in [5.41, 5.74) is 7.78. The van der Waals surface area contributed by atoms with Crippen LogP contribution in [0.5, 0.6) is 0 Å². The first-order valence-corrected chi connectivity index (χ1v) is 7.23. The van der Waals surface area contributed by atoms with E-state index in [0.29, 0.717) is 28.5 Å². The third-order valence-corrected chi connectivity index (χ3v) is 4.16. The van der Waals surface area contributed by atoms with Crippen molar-refractivity contribution in [3.05, 3.63) is 68.4 Å². The van der Waals surface area contributed by atoms with Gasteiger partial charge in [0.05, 0.1) is 15.1 Å². The molecular formula is C15H13Cl3FN. The second-order valence-electron chi connectivity index (χ2n) is 4.63. The first-order valence-electron chi connectivity index (χ1n) is 6.09. The molecule has 0 radical (unpaired) electrons. The van der Waals surface area contributed by atoms with E-state index in [1.165, 1.54) is 6.07 Å². The molecule has 0 aromatic heterocycles. The molecular weight excluding hydrogens is 320 g/mol. The van der Waals surface area contributed by atoms with Gasteiger partial charge in [0.15, 0.2) is 0 Å². The third-order valence-electron chi connectivity index (χ3n) is 3.00. The van der Waals surface area contributed by atoms with Crippen LogP contribution in [0.25, 0.3) is 0 Å². The van der Waals surface area contributed by atoms with Crippen LogP contribution in [0.1, 0.15) is 11.1 Å². The summed E-state index contributed by atoms with van der Waals surface area (Å²) in [6, 6.07) is 9.96. The van der Waals surface area contributed by atoms with Crippen LogP contribution in [0.2, 0.25) is 15.1 Å². The zero-order valence-electron chi connectivity index (χ0n) is 10.5. The monoisotopic (exact) mass is 331 g/mol. The van der Waals surface area contributed by atoms with Gasteiger partial charge in [-0.05, 0) is 42.2 Å². The van der Waals surface area contributed by atoms with Gasteiger partial charge in [0.1, 0.15) is 5.82 Å². The first kappa shape index (κ1) is 15.6. The normalized spacial score (nSPS) is 12.4. The molecule has 0 saturated heterocycles. The largest absolute Gasteiger partial charge is 0.327 e. The first-order chi connectivity index (χ1) is 9.47. The minimum Gasteiger partial charge on any atom is -0.327 e.